The summed E-state index contributed by atoms with van der Waals surface area (Å²) < 4.78 is 12.2. The summed E-state index contributed by atoms with van der Waals surface area (Å²) in [5.74, 6) is 0.995. The normalized spacial score (nSPS) is 26.3. The van der Waals surface area contributed by atoms with Gasteiger partial charge in [0.2, 0.25) is 0 Å². The lowest BCUT2D eigenvalue weighted by molar-refractivity contribution is -0.135. The van der Waals surface area contributed by atoms with E-state index in [0.717, 1.165) is 25.6 Å². The molecule has 0 aromatic carbocycles. The molecule has 1 saturated carbocycles. The van der Waals surface area contributed by atoms with Gasteiger partial charge in [0.05, 0.1) is 11.2 Å². The van der Waals surface area contributed by atoms with E-state index in [1.165, 1.54) is 12.8 Å². The maximum Gasteiger partial charge on any atom is 0.457 e. The quantitative estimate of drug-likeness (QED) is 0.489. The smallest absolute Gasteiger partial charge is 0.403 e. The predicted octanol–water partition coefficient (Wildman–Crippen LogP) is 5.28. The second-order valence-electron chi connectivity index (χ2n) is 10.2. The fourth-order valence-electron chi connectivity index (χ4n) is 4.02. The average Bonchev–Trinajstić information content (AvgIpc) is 2.57. The molecule has 0 spiro atoms. The van der Waals surface area contributed by atoms with Crippen LogP contribution in [0.4, 0.5) is 0 Å². The zero-order chi connectivity index (χ0) is 18.4. The maximum atomic E-state index is 11.5. The molecule has 2 aliphatic rings. The van der Waals surface area contributed by atoms with Gasteiger partial charge in [0, 0.05) is 12.8 Å². The molecule has 1 heterocycles. The molecule has 0 radical (unpaired) electrons. The lowest BCUT2D eigenvalue weighted by atomic mass is 9.53. The summed E-state index contributed by atoms with van der Waals surface area (Å²) in [5, 5.41) is 0. The van der Waals surface area contributed by atoms with Crippen molar-refractivity contribution in [3.05, 3.63) is 0 Å². The number of unbranched alkanes of at least 4 members (excludes halogenated alkanes) is 1. The summed E-state index contributed by atoms with van der Waals surface area (Å²) in [6.07, 6.45) is 5.98. The summed E-state index contributed by atoms with van der Waals surface area (Å²) in [7, 11) is -0.0822. The van der Waals surface area contributed by atoms with E-state index in [1.54, 1.807) is 0 Å². The maximum absolute atomic E-state index is 11.5. The van der Waals surface area contributed by atoms with Gasteiger partial charge in [-0.05, 0) is 57.2 Å². The van der Waals surface area contributed by atoms with Crippen molar-refractivity contribution in [2.45, 2.75) is 105 Å². The average molecular weight is 336 g/mol. The van der Waals surface area contributed by atoms with Crippen molar-refractivity contribution in [3.63, 3.8) is 0 Å². The first-order valence-electron chi connectivity index (χ1n) is 9.66. The first kappa shape index (κ1) is 20.0. The Morgan fingerprint density at radius 3 is 1.92 bits per heavy atom. The number of hydrogen-bond acceptors (Lipinski definition) is 3. The van der Waals surface area contributed by atoms with Crippen LogP contribution in [-0.4, -0.2) is 24.1 Å². The van der Waals surface area contributed by atoms with E-state index >= 15 is 0 Å². The molecule has 0 amide bonds. The lowest BCUT2D eigenvalue weighted by Crippen LogP contribution is -2.46. The lowest BCUT2D eigenvalue weighted by Gasteiger charge is -2.51. The summed E-state index contributed by atoms with van der Waals surface area (Å²) in [6, 6.07) is 0. The van der Waals surface area contributed by atoms with Gasteiger partial charge < -0.3 is 9.31 Å². The molecule has 0 aromatic rings. The van der Waals surface area contributed by atoms with Crippen LogP contribution in [0.1, 0.15) is 87.5 Å². The van der Waals surface area contributed by atoms with Crippen LogP contribution in [-0.2, 0) is 14.1 Å². The fraction of sp³-hybridized carbons (Fsp3) is 0.950. The Morgan fingerprint density at radius 1 is 1.00 bits per heavy atom. The van der Waals surface area contributed by atoms with E-state index in [-0.39, 0.29) is 29.2 Å². The fourth-order valence-corrected chi connectivity index (χ4v) is 4.02. The Bertz CT molecular complexity index is 454. The summed E-state index contributed by atoms with van der Waals surface area (Å²) in [4.78, 5) is 11.5. The number of Topliss-reactive ketones (excluding diaryl/α,β-unsaturated/α-hetero) is 1. The third-order valence-electron chi connectivity index (χ3n) is 7.25. The van der Waals surface area contributed by atoms with Crippen molar-refractivity contribution in [1.29, 1.82) is 0 Å². The van der Waals surface area contributed by atoms with E-state index in [2.05, 4.69) is 55.4 Å². The molecule has 4 heteroatoms. The topological polar surface area (TPSA) is 35.5 Å². The van der Waals surface area contributed by atoms with E-state index in [0.29, 0.717) is 11.7 Å². The molecule has 1 atom stereocenters. The Morgan fingerprint density at radius 2 is 1.50 bits per heavy atom. The Hall–Kier alpha value is -0.345. The van der Waals surface area contributed by atoms with Crippen LogP contribution in [0.15, 0.2) is 0 Å². The van der Waals surface area contributed by atoms with Crippen molar-refractivity contribution in [2.75, 3.05) is 0 Å². The van der Waals surface area contributed by atoms with Crippen molar-refractivity contribution in [2.24, 2.45) is 16.7 Å². The van der Waals surface area contributed by atoms with Crippen molar-refractivity contribution < 1.29 is 14.1 Å². The largest absolute Gasteiger partial charge is 0.457 e. The van der Waals surface area contributed by atoms with E-state index < -0.39 is 0 Å². The molecule has 138 valence electrons. The van der Waals surface area contributed by atoms with Crippen LogP contribution >= 0.6 is 0 Å². The van der Waals surface area contributed by atoms with Gasteiger partial charge >= 0.3 is 7.12 Å². The molecule has 1 unspecified atom stereocenters. The minimum atomic E-state index is -0.232. The summed E-state index contributed by atoms with van der Waals surface area (Å²) in [5.41, 5.74) is -0.00663. The Labute approximate surface area is 149 Å². The summed E-state index contributed by atoms with van der Waals surface area (Å²) in [6.45, 7) is 17.8. The molecule has 2 rings (SSSR count). The molecule has 1 aliphatic carbocycles. The van der Waals surface area contributed by atoms with Crippen molar-refractivity contribution in [3.8, 4) is 0 Å². The molecule has 0 bridgehead atoms. The molecular weight excluding hydrogens is 299 g/mol. The van der Waals surface area contributed by atoms with E-state index in [9.17, 15) is 4.79 Å². The SMILES string of the molecule is CC(C)(C)C(C)(CCCCB1OC(C)(C)C(C)(C)O1)C1CC(=O)C1. The predicted molar refractivity (Wildman–Crippen MR) is 100 cm³/mol. The van der Waals surface area contributed by atoms with Crippen LogP contribution in [0.5, 0.6) is 0 Å². The van der Waals surface area contributed by atoms with Gasteiger partial charge in [-0.25, -0.2) is 0 Å². The van der Waals surface area contributed by atoms with Crippen LogP contribution in [0.25, 0.3) is 0 Å². The first-order valence-corrected chi connectivity index (χ1v) is 9.66. The van der Waals surface area contributed by atoms with Gasteiger partial charge in [0.25, 0.3) is 0 Å². The van der Waals surface area contributed by atoms with Crippen molar-refractivity contribution >= 4 is 12.9 Å². The Kier molecular flexibility index (Phi) is 5.35. The second-order valence-corrected chi connectivity index (χ2v) is 10.2. The molecule has 1 saturated heterocycles. The number of rotatable bonds is 6. The van der Waals surface area contributed by atoms with Crippen LogP contribution < -0.4 is 0 Å². The number of carbonyl (C=O) groups excluding carboxylic acids is 1. The minimum Gasteiger partial charge on any atom is -0.403 e. The Balaban J connectivity index is 1.83. The van der Waals surface area contributed by atoms with Gasteiger partial charge in [0.15, 0.2) is 0 Å². The third kappa shape index (κ3) is 3.75. The molecule has 0 N–H and O–H groups in total. The second kappa shape index (κ2) is 6.43. The van der Waals surface area contributed by atoms with E-state index in [1.807, 2.05) is 0 Å². The summed E-state index contributed by atoms with van der Waals surface area (Å²) >= 11 is 0. The van der Waals surface area contributed by atoms with Crippen molar-refractivity contribution in [1.82, 2.24) is 0 Å². The minimum absolute atomic E-state index is 0.0822. The molecular formula is C20H37BO3. The third-order valence-corrected chi connectivity index (χ3v) is 7.25. The standard InChI is InChI=1S/C20H37BO3/c1-17(2,3)20(8,15-13-16(22)14-15)11-9-10-12-21-23-18(4,5)19(6,7)24-21/h15H,9-14H2,1-8H3. The van der Waals surface area contributed by atoms with Gasteiger partial charge in [-0.2, -0.15) is 0 Å². The number of carbonyl (C=O) groups is 1. The molecule has 1 aliphatic heterocycles. The monoisotopic (exact) mass is 336 g/mol. The van der Waals surface area contributed by atoms with Gasteiger partial charge in [-0.3, -0.25) is 4.79 Å². The highest BCUT2D eigenvalue weighted by Gasteiger charge is 2.51. The molecule has 24 heavy (non-hydrogen) atoms. The number of hydrogen-bond donors (Lipinski definition) is 0. The zero-order valence-corrected chi connectivity index (χ0v) is 17.1. The molecule has 0 aromatic heterocycles. The highest BCUT2D eigenvalue weighted by Crippen LogP contribution is 2.54. The molecule has 3 nitrogen and oxygen atoms in total. The van der Waals surface area contributed by atoms with Gasteiger partial charge in [-0.15, -0.1) is 0 Å². The van der Waals surface area contributed by atoms with Crippen LogP contribution in [0, 0.1) is 16.7 Å². The van der Waals surface area contributed by atoms with Gasteiger partial charge in [-0.1, -0.05) is 40.5 Å². The van der Waals surface area contributed by atoms with E-state index in [4.69, 9.17) is 9.31 Å². The van der Waals surface area contributed by atoms with Gasteiger partial charge in [0.1, 0.15) is 5.78 Å². The zero-order valence-electron chi connectivity index (χ0n) is 17.1. The van der Waals surface area contributed by atoms with Crippen LogP contribution in [0.2, 0.25) is 6.32 Å². The first-order chi connectivity index (χ1) is 10.8. The van der Waals surface area contributed by atoms with Crippen LogP contribution in [0.3, 0.4) is 0 Å². The highest BCUT2D eigenvalue weighted by atomic mass is 16.7. The number of ketones is 1. The molecule has 2 fully saturated rings. The highest BCUT2D eigenvalue weighted by molar-refractivity contribution is 6.45.